The summed E-state index contributed by atoms with van der Waals surface area (Å²) >= 11 is 6.45. The second-order valence-electron chi connectivity index (χ2n) is 4.36. The summed E-state index contributed by atoms with van der Waals surface area (Å²) in [6, 6.07) is 5.03. The summed E-state index contributed by atoms with van der Waals surface area (Å²) in [6.07, 6.45) is 1.48. The van der Waals surface area contributed by atoms with Gasteiger partial charge in [0.25, 0.3) is 5.91 Å². The summed E-state index contributed by atoms with van der Waals surface area (Å²) in [4.78, 5) is 11.9. The molecule has 0 aliphatic rings. The smallest absolute Gasteiger partial charge is 0.274 e. The first kappa shape index (κ1) is 15.8. The topological polar surface area (TPSA) is 74.8 Å². The molecule has 2 aromatic rings. The van der Waals surface area contributed by atoms with Gasteiger partial charge in [-0.2, -0.15) is 5.10 Å². The Morgan fingerprint density at radius 2 is 1.90 bits per heavy atom. The lowest BCUT2D eigenvalue weighted by molar-refractivity contribution is 0.0953. The van der Waals surface area contributed by atoms with Crippen molar-refractivity contribution in [2.75, 3.05) is 0 Å². The van der Waals surface area contributed by atoms with Crippen LogP contribution in [0.2, 0.25) is 0 Å². The van der Waals surface area contributed by atoms with Gasteiger partial charge < -0.3 is 9.52 Å². The Bertz CT molecular complexity index is 700. The molecule has 0 radical (unpaired) electrons. The highest BCUT2D eigenvalue weighted by molar-refractivity contribution is 9.11. The maximum Gasteiger partial charge on any atom is 0.274 e. The first-order valence-corrected chi connectivity index (χ1v) is 7.55. The van der Waals surface area contributed by atoms with Crippen molar-refractivity contribution in [2.45, 2.75) is 13.8 Å². The van der Waals surface area contributed by atoms with Crippen LogP contribution in [0.25, 0.3) is 0 Å². The van der Waals surface area contributed by atoms with E-state index in [1.807, 2.05) is 0 Å². The number of hydrogen-bond donors (Lipinski definition) is 2. The molecule has 2 N–H and O–H groups in total. The van der Waals surface area contributed by atoms with E-state index in [4.69, 9.17) is 4.42 Å². The first-order chi connectivity index (χ1) is 9.88. The van der Waals surface area contributed by atoms with Crippen molar-refractivity contribution in [2.24, 2.45) is 5.10 Å². The van der Waals surface area contributed by atoms with Crippen LogP contribution in [-0.4, -0.2) is 17.2 Å². The fourth-order valence-electron chi connectivity index (χ4n) is 1.74. The van der Waals surface area contributed by atoms with Gasteiger partial charge in [-0.05, 0) is 69.5 Å². The summed E-state index contributed by atoms with van der Waals surface area (Å²) in [5, 5.41) is 13.5. The molecule has 0 saturated carbocycles. The third-order valence-corrected chi connectivity index (χ3v) is 3.91. The molecular weight excluding hydrogens is 404 g/mol. The number of nitrogens with one attached hydrogen (secondary N) is 1. The van der Waals surface area contributed by atoms with E-state index in [0.717, 1.165) is 0 Å². The highest BCUT2D eigenvalue weighted by Crippen LogP contribution is 2.32. The van der Waals surface area contributed by atoms with E-state index >= 15 is 0 Å². The van der Waals surface area contributed by atoms with Gasteiger partial charge in [0, 0.05) is 0 Å². The largest absolute Gasteiger partial charge is 0.506 e. The second kappa shape index (κ2) is 6.44. The normalized spacial score (nSPS) is 11.0. The van der Waals surface area contributed by atoms with Crippen molar-refractivity contribution in [3.63, 3.8) is 0 Å². The zero-order valence-electron chi connectivity index (χ0n) is 11.3. The minimum absolute atomic E-state index is 0.112. The van der Waals surface area contributed by atoms with Gasteiger partial charge in [-0.25, -0.2) is 5.43 Å². The standard InChI is InChI=1S/C14H12Br2N2O3/c1-7-3-10(8(2)21-7)14(20)18-17-6-9-4-11(15)13(19)12(16)5-9/h3-6,19H,1-2H3,(H,18,20)/b17-6+. The Balaban J connectivity index is 2.09. The van der Waals surface area contributed by atoms with Crippen molar-refractivity contribution >= 4 is 44.0 Å². The van der Waals surface area contributed by atoms with E-state index in [-0.39, 0.29) is 11.7 Å². The van der Waals surface area contributed by atoms with E-state index < -0.39 is 0 Å². The zero-order valence-corrected chi connectivity index (χ0v) is 14.4. The van der Waals surface area contributed by atoms with E-state index in [2.05, 4.69) is 42.4 Å². The monoisotopic (exact) mass is 414 g/mol. The summed E-state index contributed by atoms with van der Waals surface area (Å²) in [5.41, 5.74) is 3.60. The summed E-state index contributed by atoms with van der Waals surface area (Å²) < 4.78 is 6.36. The number of halogens is 2. The van der Waals surface area contributed by atoms with Crippen molar-refractivity contribution in [3.8, 4) is 5.75 Å². The Kier molecular flexibility index (Phi) is 4.84. The number of hydrogen-bond acceptors (Lipinski definition) is 4. The van der Waals surface area contributed by atoms with Crippen LogP contribution >= 0.6 is 31.9 Å². The van der Waals surface area contributed by atoms with Gasteiger partial charge >= 0.3 is 0 Å². The van der Waals surface area contributed by atoms with Crippen LogP contribution < -0.4 is 5.43 Å². The number of phenols is 1. The third kappa shape index (κ3) is 3.74. The number of nitrogens with zero attached hydrogens (tertiary/aromatic N) is 1. The molecule has 0 unspecified atom stereocenters. The fraction of sp³-hybridized carbons (Fsp3) is 0.143. The molecule has 0 bridgehead atoms. The Labute approximate surface area is 138 Å². The molecule has 5 nitrogen and oxygen atoms in total. The average Bonchev–Trinajstić information content (AvgIpc) is 2.75. The maximum atomic E-state index is 11.9. The van der Waals surface area contributed by atoms with Crippen LogP contribution in [0.1, 0.15) is 27.4 Å². The number of carbonyl (C=O) groups is 1. The number of aromatic hydroxyl groups is 1. The van der Waals surface area contributed by atoms with Crippen molar-refractivity contribution in [1.29, 1.82) is 0 Å². The number of hydrazone groups is 1. The quantitative estimate of drug-likeness (QED) is 0.589. The van der Waals surface area contributed by atoms with E-state index in [0.29, 0.717) is 31.6 Å². The molecule has 21 heavy (non-hydrogen) atoms. The molecule has 1 aromatic carbocycles. The van der Waals surface area contributed by atoms with Crippen molar-refractivity contribution < 1.29 is 14.3 Å². The molecule has 1 aromatic heterocycles. The molecule has 1 heterocycles. The first-order valence-electron chi connectivity index (χ1n) is 5.97. The van der Waals surface area contributed by atoms with Gasteiger partial charge in [0.2, 0.25) is 0 Å². The summed E-state index contributed by atoms with van der Waals surface area (Å²) in [6.45, 7) is 3.50. The molecule has 0 atom stereocenters. The van der Waals surface area contributed by atoms with Crippen LogP contribution in [0.15, 0.2) is 36.7 Å². The molecule has 110 valence electrons. The predicted molar refractivity (Wildman–Crippen MR) is 86.7 cm³/mol. The van der Waals surface area contributed by atoms with Crippen LogP contribution in [-0.2, 0) is 0 Å². The number of amides is 1. The van der Waals surface area contributed by atoms with Gasteiger partial charge in [0.15, 0.2) is 0 Å². The highest BCUT2D eigenvalue weighted by atomic mass is 79.9. The Morgan fingerprint density at radius 3 is 2.43 bits per heavy atom. The number of phenolic OH excluding ortho intramolecular Hbond substituents is 1. The molecule has 0 aliphatic heterocycles. The van der Waals surface area contributed by atoms with Crippen molar-refractivity contribution in [3.05, 3.63) is 49.8 Å². The lowest BCUT2D eigenvalue weighted by atomic mass is 10.2. The highest BCUT2D eigenvalue weighted by Gasteiger charge is 2.12. The van der Waals surface area contributed by atoms with Crippen LogP contribution in [0.5, 0.6) is 5.75 Å². The van der Waals surface area contributed by atoms with Gasteiger partial charge in [-0.1, -0.05) is 0 Å². The Hall–Kier alpha value is -1.60. The molecule has 0 fully saturated rings. The lowest BCUT2D eigenvalue weighted by Crippen LogP contribution is -2.17. The number of aryl methyl sites for hydroxylation is 2. The van der Waals surface area contributed by atoms with Gasteiger partial charge in [0.05, 0.1) is 20.7 Å². The van der Waals surface area contributed by atoms with Crippen LogP contribution in [0, 0.1) is 13.8 Å². The Morgan fingerprint density at radius 1 is 1.29 bits per heavy atom. The molecule has 7 heteroatoms. The number of furan rings is 1. The second-order valence-corrected chi connectivity index (χ2v) is 6.07. The molecule has 1 amide bonds. The fourth-order valence-corrected chi connectivity index (χ4v) is 2.96. The minimum atomic E-state index is -0.336. The van der Waals surface area contributed by atoms with E-state index in [1.165, 1.54) is 6.21 Å². The number of rotatable bonds is 3. The minimum Gasteiger partial charge on any atom is -0.506 e. The van der Waals surface area contributed by atoms with Crippen molar-refractivity contribution in [1.82, 2.24) is 5.43 Å². The lowest BCUT2D eigenvalue weighted by Gasteiger charge is -2.02. The van der Waals surface area contributed by atoms with E-state index in [9.17, 15) is 9.90 Å². The SMILES string of the molecule is Cc1cc(C(=O)N/N=C/c2cc(Br)c(O)c(Br)c2)c(C)o1. The molecular formula is C14H12Br2N2O3. The maximum absolute atomic E-state index is 11.9. The summed E-state index contributed by atoms with van der Waals surface area (Å²) in [5.74, 6) is 1.00. The van der Waals surface area contributed by atoms with E-state index in [1.54, 1.807) is 32.0 Å². The molecule has 0 spiro atoms. The van der Waals surface area contributed by atoms with Gasteiger partial charge in [-0.3, -0.25) is 4.79 Å². The predicted octanol–water partition coefficient (Wildman–Crippen LogP) is 3.89. The van der Waals surface area contributed by atoms with Crippen LogP contribution in [0.4, 0.5) is 0 Å². The third-order valence-electron chi connectivity index (χ3n) is 2.70. The van der Waals surface area contributed by atoms with Gasteiger partial charge in [-0.15, -0.1) is 0 Å². The van der Waals surface area contributed by atoms with Crippen LogP contribution in [0.3, 0.4) is 0 Å². The van der Waals surface area contributed by atoms with Gasteiger partial charge in [0.1, 0.15) is 17.3 Å². The molecule has 0 saturated heterocycles. The number of benzene rings is 1. The molecule has 0 aliphatic carbocycles. The summed E-state index contributed by atoms with van der Waals surface area (Å²) in [7, 11) is 0. The zero-order chi connectivity index (χ0) is 15.6. The number of carbonyl (C=O) groups excluding carboxylic acids is 1. The molecule has 2 rings (SSSR count). The average molecular weight is 416 g/mol.